The van der Waals surface area contributed by atoms with E-state index in [0.29, 0.717) is 6.04 Å². The predicted octanol–water partition coefficient (Wildman–Crippen LogP) is 3.40. The van der Waals surface area contributed by atoms with Crippen molar-refractivity contribution in [1.82, 2.24) is 5.32 Å². The smallest absolute Gasteiger partial charge is 0.0409 e. The summed E-state index contributed by atoms with van der Waals surface area (Å²) in [6.07, 6.45) is 2.53. The molecule has 1 nitrogen and oxygen atoms in total. The maximum atomic E-state index is 5.99. The second-order valence-electron chi connectivity index (χ2n) is 3.94. The summed E-state index contributed by atoms with van der Waals surface area (Å²) in [5, 5.41) is 4.38. The number of benzene rings is 1. The molecule has 2 atom stereocenters. The first-order chi connectivity index (χ1) is 6.81. The van der Waals surface area contributed by atoms with Gasteiger partial charge in [-0.1, -0.05) is 37.1 Å². The van der Waals surface area contributed by atoms with Gasteiger partial charge in [-0.25, -0.2) is 0 Å². The highest BCUT2D eigenvalue weighted by atomic mass is 35.5. The van der Waals surface area contributed by atoms with Crippen molar-refractivity contribution >= 4 is 11.6 Å². The van der Waals surface area contributed by atoms with Crippen LogP contribution in [0.4, 0.5) is 0 Å². The van der Waals surface area contributed by atoms with Gasteiger partial charge in [-0.3, -0.25) is 0 Å². The Balaban J connectivity index is 2.21. The number of hydrogen-bond acceptors (Lipinski definition) is 1. The maximum absolute atomic E-state index is 5.99. The van der Waals surface area contributed by atoms with Crippen molar-refractivity contribution in [3.63, 3.8) is 0 Å². The minimum atomic E-state index is 0.513. The SMILES string of the molecule is CCC1CCNC1c1cccc(Cl)c1. The normalized spacial score (nSPS) is 26.7. The summed E-state index contributed by atoms with van der Waals surface area (Å²) < 4.78 is 0. The third-order valence-corrected chi connectivity index (χ3v) is 3.32. The molecular weight excluding hydrogens is 194 g/mol. The molecule has 0 spiro atoms. The van der Waals surface area contributed by atoms with E-state index in [1.165, 1.54) is 18.4 Å². The summed E-state index contributed by atoms with van der Waals surface area (Å²) >= 11 is 5.99. The van der Waals surface area contributed by atoms with Crippen molar-refractivity contribution < 1.29 is 0 Å². The molecular formula is C12H16ClN. The predicted molar refractivity (Wildman–Crippen MR) is 60.6 cm³/mol. The average Bonchev–Trinajstić information content (AvgIpc) is 2.65. The van der Waals surface area contributed by atoms with Crippen molar-refractivity contribution in [2.24, 2.45) is 5.92 Å². The molecule has 1 N–H and O–H groups in total. The summed E-state index contributed by atoms with van der Waals surface area (Å²) in [4.78, 5) is 0. The number of rotatable bonds is 2. The number of nitrogens with one attached hydrogen (secondary N) is 1. The lowest BCUT2D eigenvalue weighted by Crippen LogP contribution is -2.17. The van der Waals surface area contributed by atoms with Gasteiger partial charge in [-0.15, -0.1) is 0 Å². The van der Waals surface area contributed by atoms with E-state index in [9.17, 15) is 0 Å². The fraction of sp³-hybridized carbons (Fsp3) is 0.500. The molecule has 2 rings (SSSR count). The quantitative estimate of drug-likeness (QED) is 0.788. The second-order valence-corrected chi connectivity index (χ2v) is 4.38. The molecule has 0 bridgehead atoms. The van der Waals surface area contributed by atoms with Gasteiger partial charge >= 0.3 is 0 Å². The van der Waals surface area contributed by atoms with Gasteiger partial charge in [0, 0.05) is 11.1 Å². The molecule has 0 radical (unpaired) electrons. The molecule has 0 saturated carbocycles. The lowest BCUT2D eigenvalue weighted by Gasteiger charge is -2.18. The Hall–Kier alpha value is -0.530. The minimum Gasteiger partial charge on any atom is -0.310 e. The topological polar surface area (TPSA) is 12.0 Å². The second kappa shape index (κ2) is 4.33. The average molecular weight is 210 g/mol. The highest BCUT2D eigenvalue weighted by Crippen LogP contribution is 2.32. The van der Waals surface area contributed by atoms with Gasteiger partial charge in [0.2, 0.25) is 0 Å². The molecule has 1 aliphatic heterocycles. The maximum Gasteiger partial charge on any atom is 0.0409 e. The van der Waals surface area contributed by atoms with E-state index >= 15 is 0 Å². The molecule has 1 saturated heterocycles. The molecule has 2 heteroatoms. The number of halogens is 1. The molecule has 2 unspecified atom stereocenters. The summed E-state index contributed by atoms with van der Waals surface area (Å²) in [5.74, 6) is 0.772. The van der Waals surface area contributed by atoms with E-state index in [1.807, 2.05) is 12.1 Å². The van der Waals surface area contributed by atoms with E-state index < -0.39 is 0 Å². The van der Waals surface area contributed by atoms with Gasteiger partial charge in [0.25, 0.3) is 0 Å². The zero-order valence-corrected chi connectivity index (χ0v) is 9.22. The summed E-state index contributed by atoms with van der Waals surface area (Å²) in [6.45, 7) is 3.39. The fourth-order valence-corrected chi connectivity index (χ4v) is 2.49. The largest absolute Gasteiger partial charge is 0.310 e. The molecule has 14 heavy (non-hydrogen) atoms. The van der Waals surface area contributed by atoms with Crippen LogP contribution >= 0.6 is 11.6 Å². The Bertz CT molecular complexity index is 311. The van der Waals surface area contributed by atoms with Crippen molar-refractivity contribution in [2.75, 3.05) is 6.54 Å². The van der Waals surface area contributed by atoms with Crippen molar-refractivity contribution in [3.8, 4) is 0 Å². The third-order valence-electron chi connectivity index (χ3n) is 3.08. The highest BCUT2D eigenvalue weighted by molar-refractivity contribution is 6.30. The molecule has 76 valence electrons. The van der Waals surface area contributed by atoms with E-state index in [-0.39, 0.29) is 0 Å². The Morgan fingerprint density at radius 2 is 2.36 bits per heavy atom. The van der Waals surface area contributed by atoms with E-state index in [4.69, 9.17) is 11.6 Å². The van der Waals surface area contributed by atoms with Crippen LogP contribution in [-0.4, -0.2) is 6.54 Å². The third kappa shape index (κ3) is 1.94. The first kappa shape index (κ1) is 10.0. The molecule has 1 aromatic rings. The first-order valence-electron chi connectivity index (χ1n) is 5.30. The first-order valence-corrected chi connectivity index (χ1v) is 5.68. The summed E-state index contributed by atoms with van der Waals surface area (Å²) in [5.41, 5.74) is 1.34. The number of hydrogen-bond donors (Lipinski definition) is 1. The van der Waals surface area contributed by atoms with Crippen LogP contribution in [0.25, 0.3) is 0 Å². The van der Waals surface area contributed by atoms with Crippen LogP contribution < -0.4 is 5.32 Å². The molecule has 1 fully saturated rings. The van der Waals surface area contributed by atoms with Gasteiger partial charge in [-0.05, 0) is 36.6 Å². The van der Waals surface area contributed by atoms with Gasteiger partial charge in [0.15, 0.2) is 0 Å². The Morgan fingerprint density at radius 3 is 3.07 bits per heavy atom. The zero-order chi connectivity index (χ0) is 9.97. The molecule has 1 heterocycles. The van der Waals surface area contributed by atoms with Gasteiger partial charge in [0.1, 0.15) is 0 Å². The molecule has 0 aliphatic carbocycles. The van der Waals surface area contributed by atoms with E-state index in [2.05, 4.69) is 24.4 Å². The van der Waals surface area contributed by atoms with Crippen LogP contribution in [0.3, 0.4) is 0 Å². The van der Waals surface area contributed by atoms with Crippen LogP contribution in [0.5, 0.6) is 0 Å². The van der Waals surface area contributed by atoms with Crippen molar-refractivity contribution in [1.29, 1.82) is 0 Å². The minimum absolute atomic E-state index is 0.513. The summed E-state index contributed by atoms with van der Waals surface area (Å²) in [6, 6.07) is 8.72. The monoisotopic (exact) mass is 209 g/mol. The Kier molecular flexibility index (Phi) is 3.09. The lowest BCUT2D eigenvalue weighted by atomic mass is 9.92. The van der Waals surface area contributed by atoms with Crippen LogP contribution in [0.1, 0.15) is 31.4 Å². The van der Waals surface area contributed by atoms with Gasteiger partial charge in [-0.2, -0.15) is 0 Å². The molecule has 1 aliphatic rings. The van der Waals surface area contributed by atoms with Gasteiger partial charge in [0.05, 0.1) is 0 Å². The van der Waals surface area contributed by atoms with Crippen LogP contribution in [0.15, 0.2) is 24.3 Å². The van der Waals surface area contributed by atoms with Crippen molar-refractivity contribution in [3.05, 3.63) is 34.9 Å². The molecule has 0 amide bonds. The fourth-order valence-electron chi connectivity index (χ4n) is 2.29. The standard InChI is InChI=1S/C12H16ClN/c1-2-9-6-7-14-12(9)10-4-3-5-11(13)8-10/h3-5,8-9,12,14H,2,6-7H2,1H3. The zero-order valence-electron chi connectivity index (χ0n) is 8.46. The van der Waals surface area contributed by atoms with Gasteiger partial charge < -0.3 is 5.32 Å². The Labute approximate surface area is 90.5 Å². The van der Waals surface area contributed by atoms with Crippen LogP contribution in [0, 0.1) is 5.92 Å². The highest BCUT2D eigenvalue weighted by Gasteiger charge is 2.26. The van der Waals surface area contributed by atoms with Crippen LogP contribution in [-0.2, 0) is 0 Å². The van der Waals surface area contributed by atoms with Crippen LogP contribution in [0.2, 0.25) is 5.02 Å². The van der Waals surface area contributed by atoms with E-state index in [1.54, 1.807) is 0 Å². The molecule has 1 aromatic carbocycles. The van der Waals surface area contributed by atoms with Crippen molar-refractivity contribution in [2.45, 2.75) is 25.8 Å². The summed E-state index contributed by atoms with van der Waals surface area (Å²) in [7, 11) is 0. The molecule has 0 aromatic heterocycles. The Morgan fingerprint density at radius 1 is 1.50 bits per heavy atom. The lowest BCUT2D eigenvalue weighted by molar-refractivity contribution is 0.449. The van der Waals surface area contributed by atoms with E-state index in [0.717, 1.165) is 17.5 Å².